The molecule has 0 unspecified atom stereocenters. The van der Waals surface area contributed by atoms with E-state index in [0.717, 1.165) is 59.5 Å². The third kappa shape index (κ3) is 6.48. The molecule has 1 fully saturated rings. The number of halogens is 2. The van der Waals surface area contributed by atoms with Gasteiger partial charge in [0.25, 0.3) is 0 Å². The van der Waals surface area contributed by atoms with E-state index in [4.69, 9.17) is 0 Å². The standard InChI is InChI=1S/C22H27F2N3O3S/c1-31(29,30)27(19-9-10-20(23)21(24)13-19)16-22(28)25-14-17-7-3-4-8-18(17)15-26-11-5-2-6-12-26/h3-4,7-10,13H,2,5-6,11-12,14-16H2,1H3,(H,25,28). The lowest BCUT2D eigenvalue weighted by Crippen LogP contribution is -2.40. The van der Waals surface area contributed by atoms with Gasteiger partial charge in [-0.05, 0) is 49.2 Å². The number of benzene rings is 2. The van der Waals surface area contributed by atoms with Gasteiger partial charge in [0.15, 0.2) is 11.6 Å². The number of piperidine rings is 1. The van der Waals surface area contributed by atoms with E-state index < -0.39 is 34.1 Å². The fourth-order valence-corrected chi connectivity index (χ4v) is 4.51. The highest BCUT2D eigenvalue weighted by Crippen LogP contribution is 2.20. The first-order chi connectivity index (χ1) is 14.7. The van der Waals surface area contributed by atoms with Gasteiger partial charge in [-0.2, -0.15) is 0 Å². The van der Waals surface area contributed by atoms with Crippen molar-refractivity contribution in [2.24, 2.45) is 0 Å². The highest BCUT2D eigenvalue weighted by atomic mass is 32.2. The fourth-order valence-electron chi connectivity index (χ4n) is 3.66. The normalized spacial score (nSPS) is 14.9. The fraction of sp³-hybridized carbons (Fsp3) is 0.409. The van der Waals surface area contributed by atoms with Gasteiger partial charge >= 0.3 is 0 Å². The Bertz CT molecular complexity index is 1020. The molecule has 1 aliphatic heterocycles. The molecule has 2 aromatic carbocycles. The third-order valence-electron chi connectivity index (χ3n) is 5.32. The minimum absolute atomic E-state index is 0.109. The SMILES string of the molecule is CS(=O)(=O)N(CC(=O)NCc1ccccc1CN1CCCCC1)c1ccc(F)c(F)c1. The zero-order valence-electron chi connectivity index (χ0n) is 17.5. The van der Waals surface area contributed by atoms with Crippen LogP contribution in [-0.2, 0) is 27.9 Å². The molecule has 168 valence electrons. The van der Waals surface area contributed by atoms with E-state index in [2.05, 4.69) is 10.2 Å². The minimum Gasteiger partial charge on any atom is -0.350 e. The smallest absolute Gasteiger partial charge is 0.241 e. The summed E-state index contributed by atoms with van der Waals surface area (Å²) in [6.45, 7) is 2.63. The maximum atomic E-state index is 13.6. The van der Waals surface area contributed by atoms with Crippen LogP contribution >= 0.6 is 0 Å². The van der Waals surface area contributed by atoms with E-state index >= 15 is 0 Å². The second-order valence-electron chi connectivity index (χ2n) is 7.75. The number of hydrogen-bond acceptors (Lipinski definition) is 4. The predicted octanol–water partition coefficient (Wildman–Crippen LogP) is 3.03. The molecule has 6 nitrogen and oxygen atoms in total. The van der Waals surface area contributed by atoms with Crippen LogP contribution in [0.4, 0.5) is 14.5 Å². The number of nitrogens with one attached hydrogen (secondary N) is 1. The topological polar surface area (TPSA) is 69.7 Å². The monoisotopic (exact) mass is 451 g/mol. The summed E-state index contributed by atoms with van der Waals surface area (Å²) in [5, 5.41) is 2.74. The summed E-state index contributed by atoms with van der Waals surface area (Å²) in [5.41, 5.74) is 1.97. The predicted molar refractivity (Wildman–Crippen MR) is 116 cm³/mol. The molecular formula is C22H27F2N3O3S. The molecule has 0 bridgehead atoms. The first-order valence-corrected chi connectivity index (χ1v) is 12.1. The number of nitrogens with zero attached hydrogens (tertiary/aromatic N) is 2. The summed E-state index contributed by atoms with van der Waals surface area (Å²) in [6.07, 6.45) is 4.53. The number of anilines is 1. The Balaban J connectivity index is 1.66. The quantitative estimate of drug-likeness (QED) is 0.670. The molecule has 1 saturated heterocycles. The van der Waals surface area contributed by atoms with Crippen molar-refractivity contribution in [1.82, 2.24) is 10.2 Å². The Labute approximate surface area is 181 Å². The average molecular weight is 452 g/mol. The molecule has 31 heavy (non-hydrogen) atoms. The van der Waals surface area contributed by atoms with E-state index in [0.29, 0.717) is 0 Å². The van der Waals surface area contributed by atoms with E-state index in [9.17, 15) is 22.0 Å². The molecule has 2 aromatic rings. The maximum absolute atomic E-state index is 13.6. The molecule has 0 saturated carbocycles. The summed E-state index contributed by atoms with van der Waals surface area (Å²) < 4.78 is 51.8. The number of carbonyl (C=O) groups excluding carboxylic acids is 1. The Hall–Kier alpha value is -2.52. The molecule has 0 spiro atoms. The zero-order valence-corrected chi connectivity index (χ0v) is 18.3. The first kappa shape index (κ1) is 23.1. The summed E-state index contributed by atoms with van der Waals surface area (Å²) >= 11 is 0. The highest BCUT2D eigenvalue weighted by molar-refractivity contribution is 7.92. The van der Waals surface area contributed by atoms with Crippen LogP contribution in [0.5, 0.6) is 0 Å². The number of amides is 1. The Morgan fingerprint density at radius 2 is 1.71 bits per heavy atom. The molecule has 1 aliphatic rings. The van der Waals surface area contributed by atoms with Crippen LogP contribution in [0.15, 0.2) is 42.5 Å². The number of rotatable bonds is 8. The second kappa shape index (κ2) is 10.2. The van der Waals surface area contributed by atoms with Crippen LogP contribution < -0.4 is 9.62 Å². The van der Waals surface area contributed by atoms with Crippen LogP contribution in [0, 0.1) is 11.6 Å². The summed E-state index contributed by atoms with van der Waals surface area (Å²) in [6, 6.07) is 10.5. The van der Waals surface area contributed by atoms with E-state index in [1.807, 2.05) is 24.3 Å². The van der Waals surface area contributed by atoms with Crippen LogP contribution in [0.1, 0.15) is 30.4 Å². The van der Waals surface area contributed by atoms with Crippen molar-refractivity contribution in [3.8, 4) is 0 Å². The van der Waals surface area contributed by atoms with Gasteiger partial charge in [-0.25, -0.2) is 17.2 Å². The highest BCUT2D eigenvalue weighted by Gasteiger charge is 2.22. The largest absolute Gasteiger partial charge is 0.350 e. The Kier molecular flexibility index (Phi) is 7.61. The average Bonchev–Trinajstić information content (AvgIpc) is 2.73. The van der Waals surface area contributed by atoms with Gasteiger partial charge < -0.3 is 5.32 Å². The number of hydrogen-bond donors (Lipinski definition) is 1. The molecule has 0 radical (unpaired) electrons. The van der Waals surface area contributed by atoms with Gasteiger partial charge in [0.2, 0.25) is 15.9 Å². The molecule has 3 rings (SSSR count). The number of sulfonamides is 1. The lowest BCUT2D eigenvalue weighted by Gasteiger charge is -2.27. The number of carbonyl (C=O) groups is 1. The summed E-state index contributed by atoms with van der Waals surface area (Å²) in [4.78, 5) is 14.9. The van der Waals surface area contributed by atoms with Gasteiger partial charge in [0.05, 0.1) is 11.9 Å². The van der Waals surface area contributed by atoms with Crippen LogP contribution in [0.2, 0.25) is 0 Å². The van der Waals surface area contributed by atoms with Gasteiger partial charge in [-0.3, -0.25) is 14.0 Å². The van der Waals surface area contributed by atoms with Gasteiger partial charge in [-0.1, -0.05) is 30.7 Å². The van der Waals surface area contributed by atoms with Crippen molar-refractivity contribution < 1.29 is 22.0 Å². The molecule has 1 heterocycles. The Morgan fingerprint density at radius 1 is 1.03 bits per heavy atom. The first-order valence-electron chi connectivity index (χ1n) is 10.2. The van der Waals surface area contributed by atoms with Crippen LogP contribution in [0.3, 0.4) is 0 Å². The van der Waals surface area contributed by atoms with Gasteiger partial charge in [0.1, 0.15) is 6.54 Å². The van der Waals surface area contributed by atoms with Crippen molar-refractivity contribution in [3.63, 3.8) is 0 Å². The van der Waals surface area contributed by atoms with Crippen molar-refractivity contribution in [3.05, 3.63) is 65.2 Å². The molecule has 0 aromatic heterocycles. The minimum atomic E-state index is -3.88. The Morgan fingerprint density at radius 3 is 2.35 bits per heavy atom. The second-order valence-corrected chi connectivity index (χ2v) is 9.66. The van der Waals surface area contributed by atoms with E-state index in [1.165, 1.54) is 19.3 Å². The molecule has 1 N–H and O–H groups in total. The van der Waals surface area contributed by atoms with Gasteiger partial charge in [-0.15, -0.1) is 0 Å². The van der Waals surface area contributed by atoms with Gasteiger partial charge in [0, 0.05) is 19.2 Å². The molecule has 0 aliphatic carbocycles. The van der Waals surface area contributed by atoms with Crippen LogP contribution in [-0.4, -0.2) is 45.1 Å². The maximum Gasteiger partial charge on any atom is 0.241 e. The molecule has 1 amide bonds. The van der Waals surface area contributed by atoms with Crippen LogP contribution in [0.25, 0.3) is 0 Å². The van der Waals surface area contributed by atoms with Crippen molar-refractivity contribution in [1.29, 1.82) is 0 Å². The van der Waals surface area contributed by atoms with Crippen molar-refractivity contribution >= 4 is 21.6 Å². The lowest BCUT2D eigenvalue weighted by atomic mass is 10.0. The summed E-state index contributed by atoms with van der Waals surface area (Å²) in [5.74, 6) is -2.81. The summed E-state index contributed by atoms with van der Waals surface area (Å²) in [7, 11) is -3.88. The lowest BCUT2D eigenvalue weighted by molar-refractivity contribution is -0.119. The van der Waals surface area contributed by atoms with Crippen molar-refractivity contribution in [2.75, 3.05) is 30.2 Å². The third-order valence-corrected chi connectivity index (χ3v) is 6.46. The van der Waals surface area contributed by atoms with E-state index in [-0.39, 0.29) is 12.2 Å². The number of likely N-dealkylation sites (tertiary alicyclic amines) is 1. The molecular weight excluding hydrogens is 424 g/mol. The van der Waals surface area contributed by atoms with Crippen molar-refractivity contribution in [2.45, 2.75) is 32.4 Å². The molecule has 0 atom stereocenters. The molecule has 9 heteroatoms. The van der Waals surface area contributed by atoms with E-state index in [1.54, 1.807) is 0 Å². The zero-order chi connectivity index (χ0) is 22.4.